The summed E-state index contributed by atoms with van der Waals surface area (Å²) in [6, 6.07) is 6.67. The summed E-state index contributed by atoms with van der Waals surface area (Å²) in [6.07, 6.45) is 0.747. The van der Waals surface area contributed by atoms with Gasteiger partial charge in [0.15, 0.2) is 5.96 Å². The second-order valence-electron chi connectivity index (χ2n) is 7.70. The molecule has 1 aliphatic rings. The van der Waals surface area contributed by atoms with E-state index in [1.54, 1.807) is 24.3 Å². The number of nitrogens with zero attached hydrogens (tertiary/aromatic N) is 2. The van der Waals surface area contributed by atoms with E-state index in [2.05, 4.69) is 44.8 Å². The lowest BCUT2D eigenvalue weighted by atomic mass is 9.65. The zero-order valence-corrected chi connectivity index (χ0v) is 16.7. The van der Waals surface area contributed by atoms with E-state index in [4.69, 9.17) is 10.1 Å². The third-order valence-corrected chi connectivity index (χ3v) is 6.32. The van der Waals surface area contributed by atoms with Crippen molar-refractivity contribution in [2.45, 2.75) is 51.5 Å². The van der Waals surface area contributed by atoms with Gasteiger partial charge in [-0.1, -0.05) is 26.0 Å². The molecule has 0 atom stereocenters. The molecule has 0 aliphatic carbocycles. The molecule has 2 rings (SSSR count). The summed E-state index contributed by atoms with van der Waals surface area (Å²) in [6.45, 7) is 13.6. The zero-order chi connectivity index (χ0) is 18.9. The second kappa shape index (κ2) is 6.96. The molecule has 1 aromatic rings. The van der Waals surface area contributed by atoms with E-state index in [0.29, 0.717) is 6.54 Å². The summed E-state index contributed by atoms with van der Waals surface area (Å²) in [5.41, 5.74) is 1.35. The molecule has 1 saturated heterocycles. The summed E-state index contributed by atoms with van der Waals surface area (Å²) in [5.74, 6) is 0.938. The molecule has 25 heavy (non-hydrogen) atoms. The molecule has 140 valence electrons. The van der Waals surface area contributed by atoms with Gasteiger partial charge in [-0.3, -0.25) is 4.99 Å². The maximum absolute atomic E-state index is 11.3. The quantitative estimate of drug-likeness (QED) is 0.616. The van der Waals surface area contributed by atoms with Crippen LogP contribution in [0.3, 0.4) is 0 Å². The molecule has 0 bridgehead atoms. The molecule has 1 heterocycles. The van der Waals surface area contributed by atoms with Crippen LogP contribution >= 0.6 is 0 Å². The van der Waals surface area contributed by atoms with Crippen LogP contribution in [-0.4, -0.2) is 44.5 Å². The number of hydrogen-bond acceptors (Lipinski definition) is 3. The van der Waals surface area contributed by atoms with E-state index < -0.39 is 10.0 Å². The van der Waals surface area contributed by atoms with Gasteiger partial charge >= 0.3 is 0 Å². The summed E-state index contributed by atoms with van der Waals surface area (Å²) in [4.78, 5) is 7.21. The van der Waals surface area contributed by atoms with E-state index >= 15 is 0 Å². The number of benzene rings is 1. The molecule has 1 fully saturated rings. The Morgan fingerprint density at radius 2 is 1.84 bits per heavy atom. The molecule has 1 aromatic carbocycles. The van der Waals surface area contributed by atoms with Gasteiger partial charge in [-0.2, -0.15) is 0 Å². The Balaban J connectivity index is 2.03. The molecule has 6 nitrogen and oxygen atoms in total. The first-order valence-electron chi connectivity index (χ1n) is 8.67. The molecular weight excluding hydrogens is 336 g/mol. The van der Waals surface area contributed by atoms with E-state index in [9.17, 15) is 8.42 Å². The molecule has 0 spiro atoms. The van der Waals surface area contributed by atoms with Gasteiger partial charge < -0.3 is 10.2 Å². The normalized spacial score (nSPS) is 19.4. The minimum atomic E-state index is -3.64. The minimum Gasteiger partial charge on any atom is -0.356 e. The second-order valence-corrected chi connectivity index (χ2v) is 9.27. The van der Waals surface area contributed by atoms with Crippen molar-refractivity contribution in [3.63, 3.8) is 0 Å². The Morgan fingerprint density at radius 1 is 1.24 bits per heavy atom. The van der Waals surface area contributed by atoms with Crippen molar-refractivity contribution in [1.29, 1.82) is 0 Å². The molecule has 0 unspecified atom stereocenters. The summed E-state index contributed by atoms with van der Waals surface area (Å²) >= 11 is 0. The number of nitrogens with two attached hydrogens (primary N) is 1. The van der Waals surface area contributed by atoms with Crippen molar-refractivity contribution in [2.24, 2.45) is 15.5 Å². The Bertz CT molecular complexity index is 737. The average molecular weight is 367 g/mol. The number of guanidine groups is 1. The van der Waals surface area contributed by atoms with E-state index in [0.717, 1.165) is 31.0 Å². The van der Waals surface area contributed by atoms with Crippen molar-refractivity contribution >= 4 is 16.0 Å². The first-order valence-corrected chi connectivity index (χ1v) is 10.2. The maximum atomic E-state index is 11.3. The highest BCUT2D eigenvalue weighted by atomic mass is 32.2. The molecule has 0 amide bonds. The monoisotopic (exact) mass is 366 g/mol. The van der Waals surface area contributed by atoms with Gasteiger partial charge in [-0.15, -0.1) is 0 Å². The highest BCUT2D eigenvalue weighted by Gasteiger charge is 2.53. The van der Waals surface area contributed by atoms with Crippen molar-refractivity contribution in [2.75, 3.05) is 19.6 Å². The third kappa shape index (κ3) is 4.15. The Morgan fingerprint density at radius 3 is 2.28 bits per heavy atom. The fraction of sp³-hybridized carbons (Fsp3) is 0.611. The van der Waals surface area contributed by atoms with Crippen LogP contribution < -0.4 is 10.5 Å². The first-order chi connectivity index (χ1) is 11.5. The highest BCUT2D eigenvalue weighted by Crippen LogP contribution is 2.46. The van der Waals surface area contributed by atoms with Crippen LogP contribution in [0, 0.1) is 5.41 Å². The smallest absolute Gasteiger partial charge is 0.238 e. The van der Waals surface area contributed by atoms with Gasteiger partial charge in [0.05, 0.1) is 4.90 Å². The van der Waals surface area contributed by atoms with Gasteiger partial charge in [0, 0.05) is 30.6 Å². The van der Waals surface area contributed by atoms with Crippen LogP contribution in [0.25, 0.3) is 0 Å². The number of sulfonamides is 1. The van der Waals surface area contributed by atoms with Crippen LogP contribution in [0.2, 0.25) is 0 Å². The lowest BCUT2D eigenvalue weighted by molar-refractivity contribution is -0.0667. The van der Waals surface area contributed by atoms with E-state index in [1.165, 1.54) is 0 Å². The van der Waals surface area contributed by atoms with Crippen LogP contribution in [0.5, 0.6) is 0 Å². The van der Waals surface area contributed by atoms with Crippen molar-refractivity contribution in [3.8, 4) is 0 Å². The summed E-state index contributed by atoms with van der Waals surface area (Å²) in [7, 11) is -3.64. The Hall–Kier alpha value is -1.60. The number of likely N-dealkylation sites (tertiary alicyclic amines) is 1. The fourth-order valence-corrected chi connectivity index (χ4v) is 3.45. The molecule has 3 N–H and O–H groups in total. The van der Waals surface area contributed by atoms with Gasteiger partial charge in [-0.05, 0) is 44.9 Å². The molecule has 7 heteroatoms. The van der Waals surface area contributed by atoms with Crippen LogP contribution in [0.15, 0.2) is 34.2 Å². The summed E-state index contributed by atoms with van der Waals surface area (Å²) < 4.78 is 22.6. The molecule has 0 radical (unpaired) electrons. The van der Waals surface area contributed by atoms with Gasteiger partial charge in [0.1, 0.15) is 0 Å². The topological polar surface area (TPSA) is 87.8 Å². The molecule has 0 aromatic heterocycles. The Kier molecular flexibility index (Phi) is 5.49. The number of aliphatic imine (C=N–C) groups is 1. The first kappa shape index (κ1) is 19.7. The lowest BCUT2D eigenvalue weighted by Crippen LogP contribution is -2.72. The van der Waals surface area contributed by atoms with E-state index in [1.807, 2.05) is 0 Å². The highest BCUT2D eigenvalue weighted by molar-refractivity contribution is 7.89. The largest absolute Gasteiger partial charge is 0.356 e. The number of primary sulfonamides is 1. The maximum Gasteiger partial charge on any atom is 0.238 e. The van der Waals surface area contributed by atoms with Crippen molar-refractivity contribution in [1.82, 2.24) is 10.2 Å². The summed E-state index contributed by atoms with van der Waals surface area (Å²) in [5, 5.41) is 8.49. The van der Waals surface area contributed by atoms with Crippen molar-refractivity contribution < 1.29 is 8.42 Å². The van der Waals surface area contributed by atoms with Crippen LogP contribution in [0.1, 0.15) is 40.2 Å². The standard InChI is InChI=1S/C18H30N4O2S/c1-6-20-16(22-13-17(2,3)18(22,4)5)21-12-11-14-7-9-15(10-8-14)25(19,23)24/h7-10H,6,11-13H2,1-5H3,(H,20,21)(H2,19,23,24). The fourth-order valence-electron chi connectivity index (χ4n) is 2.93. The van der Waals surface area contributed by atoms with Crippen molar-refractivity contribution in [3.05, 3.63) is 29.8 Å². The predicted octanol–water partition coefficient (Wildman–Crippen LogP) is 1.96. The molecule has 1 aliphatic heterocycles. The SMILES string of the molecule is CCNC(=NCCc1ccc(S(N)(=O)=O)cc1)N1CC(C)(C)C1(C)C. The predicted molar refractivity (Wildman–Crippen MR) is 102 cm³/mol. The van der Waals surface area contributed by atoms with Gasteiger partial charge in [0.2, 0.25) is 10.0 Å². The van der Waals surface area contributed by atoms with Gasteiger partial charge in [-0.25, -0.2) is 13.6 Å². The number of rotatable bonds is 5. The average Bonchev–Trinajstić information content (AvgIpc) is 2.51. The minimum absolute atomic E-state index is 0.0607. The number of hydrogen-bond donors (Lipinski definition) is 2. The van der Waals surface area contributed by atoms with E-state index in [-0.39, 0.29) is 15.8 Å². The van der Waals surface area contributed by atoms with Gasteiger partial charge in [0.25, 0.3) is 0 Å². The third-order valence-electron chi connectivity index (χ3n) is 5.39. The molecule has 0 saturated carbocycles. The van der Waals surface area contributed by atoms with Crippen LogP contribution in [-0.2, 0) is 16.4 Å². The lowest BCUT2D eigenvalue weighted by Gasteiger charge is -2.62. The van der Waals surface area contributed by atoms with Crippen LogP contribution in [0.4, 0.5) is 0 Å². The zero-order valence-electron chi connectivity index (χ0n) is 15.8. The molecular formula is C18H30N4O2S. The Labute approximate surface area is 151 Å². The number of nitrogens with one attached hydrogen (secondary N) is 1.